The number of hydrogen-bond acceptors (Lipinski definition) is 4. The summed E-state index contributed by atoms with van der Waals surface area (Å²) in [5, 5.41) is 0.428. The van der Waals surface area contributed by atoms with Gasteiger partial charge < -0.3 is 4.42 Å². The fourth-order valence-electron chi connectivity index (χ4n) is 2.25. The zero-order valence-electron chi connectivity index (χ0n) is 12.4. The molecule has 1 aromatic heterocycles. The molecule has 0 unspecified atom stereocenters. The van der Waals surface area contributed by atoms with Crippen LogP contribution in [0.4, 0.5) is 4.79 Å². The molecule has 2 amide bonds. The smallest absolute Gasteiger partial charge is 0.293 e. The Morgan fingerprint density at radius 1 is 1.17 bits per heavy atom. The van der Waals surface area contributed by atoms with Crippen molar-refractivity contribution in [3.05, 3.63) is 52.1 Å². The number of thioether (sulfide) groups is 1. The average molecular weight is 348 g/mol. The Kier molecular flexibility index (Phi) is 4.59. The first kappa shape index (κ1) is 15.9. The summed E-state index contributed by atoms with van der Waals surface area (Å²) >= 11 is 6.81. The first-order valence-corrected chi connectivity index (χ1v) is 8.39. The van der Waals surface area contributed by atoms with Gasteiger partial charge >= 0.3 is 0 Å². The largest absolute Gasteiger partial charge is 0.457 e. The van der Waals surface area contributed by atoms with Crippen LogP contribution >= 0.6 is 23.4 Å². The third-order valence-corrected chi connectivity index (χ3v) is 4.51. The molecule has 0 spiro atoms. The fourth-order valence-corrected chi connectivity index (χ4v) is 3.22. The van der Waals surface area contributed by atoms with Gasteiger partial charge in [0, 0.05) is 23.2 Å². The summed E-state index contributed by atoms with van der Waals surface area (Å²) in [4.78, 5) is 25.7. The number of carbonyl (C=O) groups is 2. The van der Waals surface area contributed by atoms with Crippen molar-refractivity contribution in [1.82, 2.24) is 4.90 Å². The SMILES string of the molecule is CCCN1C(=O)SC(=Cc2ccc(-c3ccc(Cl)cc3)o2)C1=O. The Labute approximate surface area is 143 Å². The van der Waals surface area contributed by atoms with Gasteiger partial charge in [-0.2, -0.15) is 0 Å². The van der Waals surface area contributed by atoms with Gasteiger partial charge in [-0.3, -0.25) is 14.5 Å². The van der Waals surface area contributed by atoms with E-state index < -0.39 is 0 Å². The predicted molar refractivity (Wildman–Crippen MR) is 92.1 cm³/mol. The number of imide groups is 1. The Balaban J connectivity index is 1.82. The molecule has 6 heteroatoms. The molecule has 23 heavy (non-hydrogen) atoms. The minimum Gasteiger partial charge on any atom is -0.457 e. The van der Waals surface area contributed by atoms with Crippen LogP contribution in [0.15, 0.2) is 45.7 Å². The molecule has 1 fully saturated rings. The number of halogens is 1. The van der Waals surface area contributed by atoms with E-state index in [9.17, 15) is 9.59 Å². The van der Waals surface area contributed by atoms with E-state index in [0.29, 0.717) is 28.0 Å². The second-order valence-electron chi connectivity index (χ2n) is 5.04. The molecule has 0 bridgehead atoms. The summed E-state index contributed by atoms with van der Waals surface area (Å²) in [5.74, 6) is 0.962. The van der Waals surface area contributed by atoms with E-state index in [0.717, 1.165) is 23.7 Å². The molecule has 1 aliphatic heterocycles. The second kappa shape index (κ2) is 6.64. The maximum Gasteiger partial charge on any atom is 0.293 e. The summed E-state index contributed by atoms with van der Waals surface area (Å²) in [6, 6.07) is 10.9. The fraction of sp³-hybridized carbons (Fsp3) is 0.176. The molecule has 3 rings (SSSR count). The van der Waals surface area contributed by atoms with Crippen LogP contribution in [0.1, 0.15) is 19.1 Å². The van der Waals surface area contributed by atoms with Crippen LogP contribution in [0.5, 0.6) is 0 Å². The lowest BCUT2D eigenvalue weighted by molar-refractivity contribution is -0.122. The summed E-state index contributed by atoms with van der Waals surface area (Å²) in [7, 11) is 0. The van der Waals surface area contributed by atoms with E-state index in [1.807, 2.05) is 25.1 Å². The second-order valence-corrected chi connectivity index (χ2v) is 6.47. The van der Waals surface area contributed by atoms with Crippen molar-refractivity contribution in [3.63, 3.8) is 0 Å². The number of furan rings is 1. The van der Waals surface area contributed by atoms with Crippen LogP contribution in [-0.4, -0.2) is 22.6 Å². The van der Waals surface area contributed by atoms with Crippen LogP contribution in [0.3, 0.4) is 0 Å². The lowest BCUT2D eigenvalue weighted by Gasteiger charge is -2.09. The Bertz CT molecular complexity index is 779. The molecular formula is C17H14ClNO3S. The van der Waals surface area contributed by atoms with Gasteiger partial charge in [0.15, 0.2) is 0 Å². The van der Waals surface area contributed by atoms with Crippen LogP contribution < -0.4 is 0 Å². The van der Waals surface area contributed by atoms with Crippen LogP contribution in [-0.2, 0) is 4.79 Å². The van der Waals surface area contributed by atoms with Crippen molar-refractivity contribution in [2.24, 2.45) is 0 Å². The molecule has 0 aliphatic carbocycles. The molecule has 1 aromatic carbocycles. The number of amides is 2. The highest BCUT2D eigenvalue weighted by Crippen LogP contribution is 2.33. The van der Waals surface area contributed by atoms with Crippen molar-refractivity contribution in [3.8, 4) is 11.3 Å². The summed E-state index contributed by atoms with van der Waals surface area (Å²) in [6.45, 7) is 2.37. The summed E-state index contributed by atoms with van der Waals surface area (Å²) in [5.41, 5.74) is 0.896. The van der Waals surface area contributed by atoms with Crippen LogP contribution in [0.25, 0.3) is 17.4 Å². The lowest BCUT2D eigenvalue weighted by Crippen LogP contribution is -2.28. The molecule has 118 valence electrons. The van der Waals surface area contributed by atoms with Crippen molar-refractivity contribution in [2.75, 3.05) is 6.54 Å². The molecule has 1 saturated heterocycles. The molecule has 2 heterocycles. The number of hydrogen-bond donors (Lipinski definition) is 0. The van der Waals surface area contributed by atoms with Gasteiger partial charge in [-0.1, -0.05) is 18.5 Å². The third-order valence-electron chi connectivity index (χ3n) is 3.35. The number of nitrogens with zero attached hydrogens (tertiary/aromatic N) is 1. The van der Waals surface area contributed by atoms with Crippen molar-refractivity contribution >= 4 is 40.6 Å². The van der Waals surface area contributed by atoms with Crippen molar-refractivity contribution in [2.45, 2.75) is 13.3 Å². The summed E-state index contributed by atoms with van der Waals surface area (Å²) < 4.78 is 5.74. The molecule has 0 atom stereocenters. The van der Waals surface area contributed by atoms with Gasteiger partial charge in [-0.05, 0) is 54.6 Å². The minimum atomic E-state index is -0.258. The van der Waals surface area contributed by atoms with Crippen LogP contribution in [0.2, 0.25) is 5.02 Å². The molecule has 2 aromatic rings. The molecule has 4 nitrogen and oxygen atoms in total. The molecule has 1 aliphatic rings. The van der Waals surface area contributed by atoms with E-state index in [2.05, 4.69) is 0 Å². The zero-order chi connectivity index (χ0) is 16.4. The van der Waals surface area contributed by atoms with Gasteiger partial charge in [0.1, 0.15) is 11.5 Å². The lowest BCUT2D eigenvalue weighted by atomic mass is 10.2. The van der Waals surface area contributed by atoms with Gasteiger partial charge in [-0.15, -0.1) is 0 Å². The maximum atomic E-state index is 12.2. The molecule has 0 N–H and O–H groups in total. The highest BCUT2D eigenvalue weighted by Gasteiger charge is 2.34. The molecule has 0 saturated carbocycles. The number of rotatable bonds is 4. The topological polar surface area (TPSA) is 50.5 Å². The molecular weight excluding hydrogens is 334 g/mol. The molecule has 0 radical (unpaired) electrons. The summed E-state index contributed by atoms with van der Waals surface area (Å²) in [6.07, 6.45) is 2.35. The third kappa shape index (κ3) is 3.35. The van der Waals surface area contributed by atoms with Crippen LogP contribution in [0, 0.1) is 0 Å². The van der Waals surface area contributed by atoms with E-state index >= 15 is 0 Å². The normalized spacial score (nSPS) is 16.6. The van der Waals surface area contributed by atoms with Gasteiger partial charge in [0.2, 0.25) is 0 Å². The highest BCUT2D eigenvalue weighted by molar-refractivity contribution is 8.18. The van der Waals surface area contributed by atoms with Crippen molar-refractivity contribution in [1.29, 1.82) is 0 Å². The van der Waals surface area contributed by atoms with Gasteiger partial charge in [0.25, 0.3) is 11.1 Å². The van der Waals surface area contributed by atoms with Gasteiger partial charge in [-0.25, -0.2) is 0 Å². The quantitative estimate of drug-likeness (QED) is 0.726. The Morgan fingerprint density at radius 2 is 1.91 bits per heavy atom. The monoisotopic (exact) mass is 347 g/mol. The van der Waals surface area contributed by atoms with Gasteiger partial charge in [0.05, 0.1) is 4.91 Å². The first-order valence-electron chi connectivity index (χ1n) is 7.19. The minimum absolute atomic E-state index is 0.229. The average Bonchev–Trinajstić information content (AvgIpc) is 3.09. The first-order chi connectivity index (χ1) is 11.1. The predicted octanol–water partition coefficient (Wildman–Crippen LogP) is 5.05. The van der Waals surface area contributed by atoms with Crippen molar-refractivity contribution < 1.29 is 14.0 Å². The van der Waals surface area contributed by atoms with E-state index in [1.54, 1.807) is 24.3 Å². The van der Waals surface area contributed by atoms with E-state index in [1.165, 1.54) is 4.90 Å². The standard InChI is InChI=1S/C17H14ClNO3S/c1-2-9-19-16(20)15(23-17(19)21)10-13-7-8-14(22-13)11-3-5-12(18)6-4-11/h3-8,10H,2,9H2,1H3. The highest BCUT2D eigenvalue weighted by atomic mass is 35.5. The van der Waals surface area contributed by atoms with E-state index in [4.69, 9.17) is 16.0 Å². The number of benzene rings is 1. The Hall–Kier alpha value is -1.98. The van der Waals surface area contributed by atoms with E-state index in [-0.39, 0.29) is 11.1 Å². The zero-order valence-corrected chi connectivity index (χ0v) is 14.0. The number of carbonyl (C=O) groups excluding carboxylic acids is 2. The maximum absolute atomic E-state index is 12.2. The Morgan fingerprint density at radius 3 is 2.61 bits per heavy atom.